The maximum absolute atomic E-state index is 14.6. The van der Waals surface area contributed by atoms with Crippen molar-refractivity contribution in [2.75, 3.05) is 7.11 Å². The smallest absolute Gasteiger partial charge is 0.336 e. The molecule has 2 aromatic carbocycles. The van der Waals surface area contributed by atoms with Gasteiger partial charge in [0.15, 0.2) is 0 Å². The van der Waals surface area contributed by atoms with Crippen molar-refractivity contribution in [3.8, 4) is 5.75 Å². The highest BCUT2D eigenvalue weighted by Gasteiger charge is 2.39. The van der Waals surface area contributed by atoms with Crippen molar-refractivity contribution in [2.24, 2.45) is 0 Å². The van der Waals surface area contributed by atoms with E-state index in [-0.39, 0.29) is 12.3 Å². The molecular weight excluding hydrogens is 397 g/mol. The number of rotatable bonds is 5. The van der Waals surface area contributed by atoms with Gasteiger partial charge in [-0.05, 0) is 57.0 Å². The minimum absolute atomic E-state index is 0.0109. The van der Waals surface area contributed by atoms with E-state index in [4.69, 9.17) is 9.47 Å². The normalized spacial score (nSPS) is 17.0. The Labute approximate surface area is 182 Å². The quantitative estimate of drug-likeness (QED) is 0.635. The second kappa shape index (κ2) is 8.92. The zero-order valence-electron chi connectivity index (χ0n) is 18.6. The molecule has 0 N–H and O–H groups in total. The summed E-state index contributed by atoms with van der Waals surface area (Å²) in [5.74, 6) is -1.14. The summed E-state index contributed by atoms with van der Waals surface area (Å²) in [7, 11) is 1.59. The number of esters is 1. The molecular formula is C25H28FNO4. The maximum atomic E-state index is 14.6. The van der Waals surface area contributed by atoms with Crippen molar-refractivity contribution in [3.63, 3.8) is 0 Å². The molecule has 31 heavy (non-hydrogen) atoms. The minimum atomic E-state index is -0.716. The highest BCUT2D eigenvalue weighted by atomic mass is 19.1. The number of benzene rings is 2. The van der Waals surface area contributed by atoms with Crippen molar-refractivity contribution >= 4 is 11.9 Å². The monoisotopic (exact) mass is 425 g/mol. The van der Waals surface area contributed by atoms with E-state index in [0.717, 1.165) is 11.3 Å². The molecule has 0 saturated carbocycles. The number of nitrogens with zero attached hydrogens (tertiary/aromatic N) is 1. The fourth-order valence-corrected chi connectivity index (χ4v) is 3.74. The summed E-state index contributed by atoms with van der Waals surface area (Å²) in [5.41, 5.74) is 1.29. The zero-order chi connectivity index (χ0) is 22.8. The van der Waals surface area contributed by atoms with Gasteiger partial charge in [-0.3, -0.25) is 4.79 Å². The summed E-state index contributed by atoms with van der Waals surface area (Å²) < 4.78 is 25.4. The molecule has 1 atom stereocenters. The molecule has 1 aliphatic heterocycles. The molecule has 0 saturated heterocycles. The van der Waals surface area contributed by atoms with Gasteiger partial charge in [0, 0.05) is 18.0 Å². The molecule has 3 rings (SSSR count). The molecule has 0 spiro atoms. The standard InChI is InChI=1S/C25H28FNO4/c1-16-23(24(29)31-25(2,3)4)20(19-8-6-7-9-21(19)26)14-22(28)27(16)15-17-10-12-18(30-5)13-11-17/h6-13,20H,14-15H2,1-5H3/t20-/m1/s1. The van der Waals surface area contributed by atoms with Gasteiger partial charge in [0.05, 0.1) is 19.2 Å². The van der Waals surface area contributed by atoms with Gasteiger partial charge < -0.3 is 14.4 Å². The van der Waals surface area contributed by atoms with Crippen LogP contribution < -0.4 is 4.74 Å². The van der Waals surface area contributed by atoms with Crippen LogP contribution in [0.1, 0.15) is 51.2 Å². The Morgan fingerprint density at radius 3 is 2.35 bits per heavy atom. The summed E-state index contributed by atoms with van der Waals surface area (Å²) in [6, 6.07) is 13.6. The SMILES string of the molecule is COc1ccc(CN2C(=O)C[C@H](c3ccccc3F)C(C(=O)OC(C)(C)C)=C2C)cc1. The van der Waals surface area contributed by atoms with E-state index in [1.807, 2.05) is 24.3 Å². The van der Waals surface area contributed by atoms with Crippen molar-refractivity contribution in [1.29, 1.82) is 0 Å². The number of halogens is 1. The average molecular weight is 426 g/mol. The molecule has 5 nitrogen and oxygen atoms in total. The Morgan fingerprint density at radius 1 is 1.13 bits per heavy atom. The number of hydrogen-bond donors (Lipinski definition) is 0. The second-order valence-electron chi connectivity index (χ2n) is 8.61. The van der Waals surface area contributed by atoms with Crippen LogP contribution in [0.15, 0.2) is 59.8 Å². The van der Waals surface area contributed by atoms with Crippen LogP contribution in [-0.2, 0) is 20.9 Å². The van der Waals surface area contributed by atoms with Crippen LogP contribution in [0.5, 0.6) is 5.75 Å². The van der Waals surface area contributed by atoms with Crippen LogP contribution in [0.25, 0.3) is 0 Å². The summed E-state index contributed by atoms with van der Waals surface area (Å²) in [4.78, 5) is 27.8. The van der Waals surface area contributed by atoms with Gasteiger partial charge in [0.2, 0.25) is 5.91 Å². The number of hydrogen-bond acceptors (Lipinski definition) is 4. The van der Waals surface area contributed by atoms with Gasteiger partial charge in [-0.15, -0.1) is 0 Å². The number of carbonyl (C=O) groups excluding carboxylic acids is 2. The highest BCUT2D eigenvalue weighted by Crippen LogP contribution is 2.39. The van der Waals surface area contributed by atoms with Crippen molar-refractivity contribution in [1.82, 2.24) is 4.90 Å². The first-order valence-corrected chi connectivity index (χ1v) is 10.2. The lowest BCUT2D eigenvalue weighted by molar-refractivity contribution is -0.150. The van der Waals surface area contributed by atoms with E-state index in [1.54, 1.807) is 57.9 Å². The molecule has 0 fully saturated rings. The molecule has 0 aromatic heterocycles. The Balaban J connectivity index is 2.04. The zero-order valence-corrected chi connectivity index (χ0v) is 18.6. The number of carbonyl (C=O) groups is 2. The third-order valence-corrected chi connectivity index (χ3v) is 5.22. The fourth-order valence-electron chi connectivity index (χ4n) is 3.74. The molecule has 0 bridgehead atoms. The van der Waals surface area contributed by atoms with E-state index >= 15 is 0 Å². The Kier molecular flexibility index (Phi) is 6.48. The van der Waals surface area contributed by atoms with E-state index < -0.39 is 23.3 Å². The fraction of sp³-hybridized carbons (Fsp3) is 0.360. The summed E-state index contributed by atoms with van der Waals surface area (Å²) in [5, 5.41) is 0. The minimum Gasteiger partial charge on any atom is -0.497 e. The van der Waals surface area contributed by atoms with Crippen LogP contribution in [0.3, 0.4) is 0 Å². The molecule has 0 radical (unpaired) electrons. The maximum Gasteiger partial charge on any atom is 0.336 e. The largest absolute Gasteiger partial charge is 0.497 e. The van der Waals surface area contributed by atoms with Gasteiger partial charge in [-0.25, -0.2) is 9.18 Å². The molecule has 1 amide bonds. The van der Waals surface area contributed by atoms with E-state index in [9.17, 15) is 14.0 Å². The predicted octanol–water partition coefficient (Wildman–Crippen LogP) is 4.97. The van der Waals surface area contributed by atoms with Crippen molar-refractivity contribution < 1.29 is 23.5 Å². The molecule has 1 heterocycles. The third kappa shape index (κ3) is 5.13. The topological polar surface area (TPSA) is 55.8 Å². The van der Waals surface area contributed by atoms with Gasteiger partial charge in [-0.2, -0.15) is 0 Å². The van der Waals surface area contributed by atoms with Crippen molar-refractivity contribution in [2.45, 2.75) is 52.2 Å². The lowest BCUT2D eigenvalue weighted by atomic mass is 9.83. The predicted molar refractivity (Wildman–Crippen MR) is 116 cm³/mol. The summed E-state index contributed by atoms with van der Waals surface area (Å²) in [6.07, 6.45) is -0.0109. The lowest BCUT2D eigenvalue weighted by Gasteiger charge is -2.35. The van der Waals surface area contributed by atoms with Gasteiger partial charge in [0.25, 0.3) is 0 Å². The van der Waals surface area contributed by atoms with Crippen LogP contribution in [-0.4, -0.2) is 29.5 Å². The summed E-state index contributed by atoms with van der Waals surface area (Å²) in [6.45, 7) is 7.35. The Morgan fingerprint density at radius 2 is 1.77 bits per heavy atom. The first-order valence-electron chi connectivity index (χ1n) is 10.2. The molecule has 6 heteroatoms. The van der Waals surface area contributed by atoms with Gasteiger partial charge in [0.1, 0.15) is 17.2 Å². The number of amides is 1. The summed E-state index contributed by atoms with van der Waals surface area (Å²) >= 11 is 0. The second-order valence-corrected chi connectivity index (χ2v) is 8.61. The molecule has 0 unspecified atom stereocenters. The first-order chi connectivity index (χ1) is 14.6. The highest BCUT2D eigenvalue weighted by molar-refractivity contribution is 5.96. The number of methoxy groups -OCH3 is 1. The first kappa shape index (κ1) is 22.5. The average Bonchev–Trinajstić information content (AvgIpc) is 2.70. The number of allylic oxidation sites excluding steroid dienone is 1. The van der Waals surface area contributed by atoms with Crippen LogP contribution in [0, 0.1) is 5.82 Å². The van der Waals surface area contributed by atoms with E-state index in [2.05, 4.69) is 0 Å². The molecule has 1 aliphatic rings. The van der Waals surface area contributed by atoms with Gasteiger partial charge >= 0.3 is 5.97 Å². The van der Waals surface area contributed by atoms with Crippen LogP contribution in [0.2, 0.25) is 0 Å². The Bertz CT molecular complexity index is 1000. The molecule has 0 aliphatic carbocycles. The van der Waals surface area contributed by atoms with Crippen molar-refractivity contribution in [3.05, 3.63) is 76.7 Å². The Hall–Kier alpha value is -3.15. The third-order valence-electron chi connectivity index (χ3n) is 5.22. The van der Waals surface area contributed by atoms with Crippen LogP contribution >= 0.6 is 0 Å². The van der Waals surface area contributed by atoms with E-state index in [0.29, 0.717) is 23.4 Å². The van der Waals surface area contributed by atoms with E-state index in [1.165, 1.54) is 6.07 Å². The number of ether oxygens (including phenoxy) is 2. The van der Waals surface area contributed by atoms with Crippen LogP contribution in [0.4, 0.5) is 4.39 Å². The molecule has 164 valence electrons. The lowest BCUT2D eigenvalue weighted by Crippen LogP contribution is -2.39. The van der Waals surface area contributed by atoms with Gasteiger partial charge in [-0.1, -0.05) is 30.3 Å². The molecule has 2 aromatic rings.